The molecular weight excluding hydrogens is 354 g/mol. The van der Waals surface area contributed by atoms with Crippen LogP contribution >= 0.6 is 0 Å². The first-order chi connectivity index (χ1) is 10.7. The molecular formula is C19H16BrNO2. The summed E-state index contributed by atoms with van der Waals surface area (Å²) in [6.45, 7) is -0.0205. The smallest absolute Gasteiger partial charge is 0.370 e. The van der Waals surface area contributed by atoms with Crippen LogP contribution in [-0.2, 0) is 11.3 Å². The van der Waals surface area contributed by atoms with Crippen molar-refractivity contribution in [2.45, 2.75) is 6.54 Å². The number of carboxylic acid groups (broad SMARTS) is 1. The first kappa shape index (κ1) is 16.9. The summed E-state index contributed by atoms with van der Waals surface area (Å²) >= 11 is 0. The van der Waals surface area contributed by atoms with Gasteiger partial charge < -0.3 is 22.1 Å². The van der Waals surface area contributed by atoms with Crippen LogP contribution in [-0.4, -0.2) is 11.1 Å². The standard InChI is InChI=1S/C19H15NO2.BrH/c21-19(22)14-20-12-10-15(11-13-20)8-9-17-6-3-5-16-4-1-2-7-18(16)17;/h1-13H,14H2;1H/b9-8+;. The summed E-state index contributed by atoms with van der Waals surface area (Å²) in [5.74, 6) is -0.843. The van der Waals surface area contributed by atoms with Gasteiger partial charge in [-0.15, -0.1) is 0 Å². The number of halogens is 1. The van der Waals surface area contributed by atoms with E-state index in [1.54, 1.807) is 17.0 Å². The Morgan fingerprint density at radius 2 is 1.65 bits per heavy atom. The third-order valence-corrected chi connectivity index (χ3v) is 3.51. The molecule has 1 heterocycles. The van der Waals surface area contributed by atoms with E-state index in [-0.39, 0.29) is 23.5 Å². The molecule has 1 aromatic heterocycles. The molecule has 0 saturated heterocycles. The molecule has 0 unspecified atom stereocenters. The maximum Gasteiger partial charge on any atom is 0.370 e. The summed E-state index contributed by atoms with van der Waals surface area (Å²) in [5.41, 5.74) is 2.20. The van der Waals surface area contributed by atoms with Gasteiger partial charge in [-0.3, -0.25) is 0 Å². The fourth-order valence-electron chi connectivity index (χ4n) is 2.42. The van der Waals surface area contributed by atoms with Crippen molar-refractivity contribution in [2.75, 3.05) is 0 Å². The summed E-state index contributed by atoms with van der Waals surface area (Å²) in [6.07, 6.45) is 7.67. The Balaban J connectivity index is 0.00000192. The Morgan fingerprint density at radius 1 is 0.957 bits per heavy atom. The Labute approximate surface area is 145 Å². The lowest BCUT2D eigenvalue weighted by atomic mass is 10.0. The number of nitrogens with zero attached hydrogens (tertiary/aromatic N) is 1. The highest BCUT2D eigenvalue weighted by atomic mass is 79.9. The van der Waals surface area contributed by atoms with Crippen LogP contribution in [0, 0.1) is 0 Å². The van der Waals surface area contributed by atoms with Gasteiger partial charge in [0.25, 0.3) is 0 Å². The van der Waals surface area contributed by atoms with Crippen LogP contribution in [0.4, 0.5) is 0 Å². The predicted octanol–water partition coefficient (Wildman–Crippen LogP) is 0.386. The van der Waals surface area contributed by atoms with Gasteiger partial charge in [0.05, 0.1) is 0 Å². The van der Waals surface area contributed by atoms with Crippen LogP contribution in [0.5, 0.6) is 0 Å². The van der Waals surface area contributed by atoms with Crippen LogP contribution < -0.4 is 21.5 Å². The number of rotatable bonds is 4. The summed E-state index contributed by atoms with van der Waals surface area (Å²) in [7, 11) is 0. The van der Waals surface area contributed by atoms with Gasteiger partial charge in [0.1, 0.15) is 0 Å². The third-order valence-electron chi connectivity index (χ3n) is 3.51. The molecule has 3 rings (SSSR count). The molecule has 3 nitrogen and oxygen atoms in total. The number of fused-ring (bicyclic) bond motifs is 1. The van der Waals surface area contributed by atoms with Crippen LogP contribution in [0.1, 0.15) is 11.1 Å². The second-order valence-corrected chi connectivity index (χ2v) is 5.10. The highest BCUT2D eigenvalue weighted by Gasteiger charge is 2.05. The minimum atomic E-state index is -0.843. The van der Waals surface area contributed by atoms with Crippen molar-refractivity contribution in [3.63, 3.8) is 0 Å². The Bertz CT molecular complexity index is 836. The molecule has 0 aliphatic carbocycles. The Kier molecular flexibility index (Phi) is 5.66. The average molecular weight is 370 g/mol. The van der Waals surface area contributed by atoms with Crippen molar-refractivity contribution in [3.05, 3.63) is 78.1 Å². The molecule has 0 atom stereocenters. The molecule has 3 aromatic rings. The fraction of sp³-hybridized carbons (Fsp3) is 0.0526. The molecule has 0 aliphatic rings. The zero-order valence-electron chi connectivity index (χ0n) is 12.4. The van der Waals surface area contributed by atoms with Crippen LogP contribution in [0.3, 0.4) is 0 Å². The van der Waals surface area contributed by atoms with E-state index in [0.717, 1.165) is 5.56 Å². The first-order valence-electron chi connectivity index (χ1n) is 7.09. The molecule has 0 amide bonds. The fourth-order valence-corrected chi connectivity index (χ4v) is 2.42. The van der Waals surface area contributed by atoms with Gasteiger partial charge in [-0.25, -0.2) is 4.79 Å². The van der Waals surface area contributed by atoms with Crippen molar-refractivity contribution in [1.82, 2.24) is 0 Å². The lowest BCUT2D eigenvalue weighted by molar-refractivity contribution is -0.685. The monoisotopic (exact) mass is 369 g/mol. The second-order valence-electron chi connectivity index (χ2n) is 5.10. The van der Waals surface area contributed by atoms with Gasteiger partial charge in [-0.1, -0.05) is 54.6 Å². The van der Waals surface area contributed by atoms with E-state index in [0.29, 0.717) is 0 Å². The number of hydrogen-bond acceptors (Lipinski definition) is 1. The van der Waals surface area contributed by atoms with Gasteiger partial charge in [-0.2, -0.15) is 4.57 Å². The Morgan fingerprint density at radius 3 is 2.39 bits per heavy atom. The lowest BCUT2D eigenvalue weighted by Crippen LogP contribution is -3.00. The van der Waals surface area contributed by atoms with Crippen molar-refractivity contribution in [1.29, 1.82) is 0 Å². The van der Waals surface area contributed by atoms with Crippen molar-refractivity contribution >= 4 is 28.9 Å². The van der Waals surface area contributed by atoms with Crippen LogP contribution in [0.25, 0.3) is 22.9 Å². The second kappa shape index (κ2) is 7.70. The van der Waals surface area contributed by atoms with Gasteiger partial charge in [0.2, 0.25) is 6.54 Å². The highest BCUT2D eigenvalue weighted by molar-refractivity contribution is 5.92. The van der Waals surface area contributed by atoms with E-state index in [9.17, 15) is 4.79 Å². The molecule has 0 spiro atoms. The molecule has 23 heavy (non-hydrogen) atoms. The maximum absolute atomic E-state index is 10.7. The molecule has 0 saturated carbocycles. The molecule has 4 heteroatoms. The van der Waals surface area contributed by atoms with Crippen molar-refractivity contribution < 1.29 is 31.4 Å². The van der Waals surface area contributed by atoms with E-state index < -0.39 is 5.97 Å². The predicted molar refractivity (Wildman–Crippen MR) is 87.1 cm³/mol. The van der Waals surface area contributed by atoms with Gasteiger partial charge >= 0.3 is 5.97 Å². The number of hydrogen-bond donors (Lipinski definition) is 1. The molecule has 0 radical (unpaired) electrons. The molecule has 0 bridgehead atoms. The molecule has 0 fully saturated rings. The number of carboxylic acids is 1. The number of pyridine rings is 1. The Hall–Kier alpha value is -2.46. The largest absolute Gasteiger partial charge is 1.00 e. The zero-order chi connectivity index (χ0) is 15.4. The molecule has 1 N–H and O–H groups in total. The van der Waals surface area contributed by atoms with E-state index in [1.165, 1.54) is 16.3 Å². The normalized spacial score (nSPS) is 10.6. The molecule has 2 aromatic carbocycles. The number of benzene rings is 2. The van der Waals surface area contributed by atoms with Gasteiger partial charge in [-0.05, 0) is 21.9 Å². The topological polar surface area (TPSA) is 41.2 Å². The van der Waals surface area contributed by atoms with Crippen LogP contribution in [0.15, 0.2) is 67.0 Å². The van der Waals surface area contributed by atoms with Crippen LogP contribution in [0.2, 0.25) is 0 Å². The first-order valence-corrected chi connectivity index (χ1v) is 7.09. The van der Waals surface area contributed by atoms with E-state index in [4.69, 9.17) is 5.11 Å². The van der Waals surface area contributed by atoms with Crippen molar-refractivity contribution in [2.24, 2.45) is 0 Å². The quantitative estimate of drug-likeness (QED) is 0.675. The van der Waals surface area contributed by atoms with Gasteiger partial charge in [0, 0.05) is 12.1 Å². The number of carbonyl (C=O) groups is 1. The number of aliphatic carboxylic acids is 1. The lowest BCUT2D eigenvalue weighted by Gasteiger charge is -2.01. The summed E-state index contributed by atoms with van der Waals surface area (Å²) in [5, 5.41) is 11.2. The summed E-state index contributed by atoms with van der Waals surface area (Å²) in [6, 6.07) is 18.3. The van der Waals surface area contributed by atoms with Gasteiger partial charge in [0.15, 0.2) is 12.4 Å². The minimum absolute atomic E-state index is 0. The zero-order valence-corrected chi connectivity index (χ0v) is 14.0. The SMILES string of the molecule is O=C(O)C[n+]1ccc(/C=C/c2cccc3ccccc23)cc1.[Br-]. The minimum Gasteiger partial charge on any atom is -1.00 e. The van der Waals surface area contributed by atoms with E-state index in [2.05, 4.69) is 30.3 Å². The maximum atomic E-state index is 10.7. The van der Waals surface area contributed by atoms with E-state index >= 15 is 0 Å². The third kappa shape index (κ3) is 4.27. The summed E-state index contributed by atoms with van der Waals surface area (Å²) < 4.78 is 1.64. The number of aromatic nitrogens is 1. The molecule has 116 valence electrons. The highest BCUT2D eigenvalue weighted by Crippen LogP contribution is 2.20. The van der Waals surface area contributed by atoms with E-state index in [1.807, 2.05) is 36.4 Å². The van der Waals surface area contributed by atoms with Crippen molar-refractivity contribution in [3.8, 4) is 0 Å². The summed E-state index contributed by atoms with van der Waals surface area (Å²) in [4.78, 5) is 10.7. The molecule has 0 aliphatic heterocycles. The average Bonchev–Trinajstić information content (AvgIpc) is 2.54.